The van der Waals surface area contributed by atoms with Crippen molar-refractivity contribution in [1.82, 2.24) is 10.2 Å². The first-order valence-corrected chi connectivity index (χ1v) is 5.21. The van der Waals surface area contributed by atoms with Crippen LogP contribution >= 0.6 is 0 Å². The summed E-state index contributed by atoms with van der Waals surface area (Å²) < 4.78 is 0. The molecule has 0 aliphatic carbocycles. The second-order valence-electron chi connectivity index (χ2n) is 3.91. The van der Waals surface area contributed by atoms with Crippen LogP contribution in [0.15, 0.2) is 0 Å². The molecule has 1 aliphatic rings. The second-order valence-corrected chi connectivity index (χ2v) is 3.91. The van der Waals surface area contributed by atoms with Crippen LogP contribution in [0.5, 0.6) is 0 Å². The van der Waals surface area contributed by atoms with Gasteiger partial charge in [-0.2, -0.15) is 0 Å². The van der Waals surface area contributed by atoms with Crippen molar-refractivity contribution in [2.45, 2.75) is 24.7 Å². The Hall–Kier alpha value is -1.38. The molecule has 2 amide bonds. The van der Waals surface area contributed by atoms with Gasteiger partial charge in [0.1, 0.15) is 0 Å². The highest BCUT2D eigenvalue weighted by atomic mass is 16.4. The van der Waals surface area contributed by atoms with E-state index in [2.05, 4.69) is 5.32 Å². The van der Waals surface area contributed by atoms with Crippen molar-refractivity contribution in [3.63, 3.8) is 0 Å². The number of aliphatic hydroxyl groups is 3. The average molecular weight is 248 g/mol. The Morgan fingerprint density at radius 1 is 1.29 bits per heavy atom. The Bertz CT molecular complexity index is 287. The topological polar surface area (TPSA) is 130 Å². The molecule has 5 N–H and O–H groups in total. The van der Waals surface area contributed by atoms with E-state index in [-0.39, 0.29) is 26.1 Å². The van der Waals surface area contributed by atoms with Crippen molar-refractivity contribution < 1.29 is 30.0 Å². The lowest BCUT2D eigenvalue weighted by Gasteiger charge is -2.16. The minimum atomic E-state index is -1.51. The second kappa shape index (κ2) is 5.80. The van der Waals surface area contributed by atoms with Gasteiger partial charge in [-0.1, -0.05) is 0 Å². The summed E-state index contributed by atoms with van der Waals surface area (Å²) in [5, 5.41) is 38.2. The summed E-state index contributed by atoms with van der Waals surface area (Å²) in [6.07, 6.45) is -3.51. The number of carboxylic acid groups (broad SMARTS) is 1. The fourth-order valence-corrected chi connectivity index (χ4v) is 1.49. The van der Waals surface area contributed by atoms with Crippen LogP contribution in [-0.4, -0.2) is 75.3 Å². The van der Waals surface area contributed by atoms with Crippen LogP contribution in [0.3, 0.4) is 0 Å². The Morgan fingerprint density at radius 3 is 2.29 bits per heavy atom. The third kappa shape index (κ3) is 3.84. The fraction of sp³-hybridized carbons (Fsp3) is 0.778. The number of hydrogen-bond donors (Lipinski definition) is 5. The predicted octanol–water partition coefficient (Wildman–Crippen LogP) is -2.43. The first kappa shape index (κ1) is 13.7. The van der Waals surface area contributed by atoms with Gasteiger partial charge in [0.25, 0.3) is 0 Å². The number of aliphatic hydroxyl groups excluding tert-OH is 3. The molecule has 3 unspecified atom stereocenters. The van der Waals surface area contributed by atoms with Crippen LogP contribution < -0.4 is 5.32 Å². The standard InChI is InChI=1S/C9H16N2O6/c12-5(8(15)16)1-2-10-9(17)11-3-6(13)7(14)4-11/h5-7,12-14H,1-4H2,(H,10,17)(H,15,16). The normalized spacial score (nSPS) is 25.7. The zero-order chi connectivity index (χ0) is 13.0. The number of amides is 2. The number of β-amino-alcohol motifs (C(OH)–C–C–N with tert-alkyl or cyclic N) is 2. The highest BCUT2D eigenvalue weighted by molar-refractivity contribution is 5.75. The monoisotopic (exact) mass is 248 g/mol. The number of hydrogen-bond acceptors (Lipinski definition) is 5. The van der Waals surface area contributed by atoms with Gasteiger partial charge in [0.2, 0.25) is 0 Å². The summed E-state index contributed by atoms with van der Waals surface area (Å²) in [6.45, 7) is 0.0813. The fourth-order valence-electron chi connectivity index (χ4n) is 1.49. The smallest absolute Gasteiger partial charge is 0.332 e. The predicted molar refractivity (Wildman–Crippen MR) is 55.2 cm³/mol. The van der Waals surface area contributed by atoms with E-state index in [9.17, 15) is 19.8 Å². The number of nitrogens with zero attached hydrogens (tertiary/aromatic N) is 1. The van der Waals surface area contributed by atoms with Crippen molar-refractivity contribution in [3.05, 3.63) is 0 Å². The minimum Gasteiger partial charge on any atom is -0.479 e. The molecule has 0 bridgehead atoms. The maximum absolute atomic E-state index is 11.5. The number of carboxylic acids is 1. The minimum absolute atomic E-state index is 0.00892. The first-order chi connectivity index (χ1) is 7.91. The molecule has 3 atom stereocenters. The third-order valence-corrected chi connectivity index (χ3v) is 2.53. The summed E-state index contributed by atoms with van der Waals surface area (Å²) in [5.41, 5.74) is 0. The summed E-state index contributed by atoms with van der Waals surface area (Å²) >= 11 is 0. The van der Waals surface area contributed by atoms with Gasteiger partial charge < -0.3 is 30.6 Å². The van der Waals surface area contributed by atoms with E-state index in [0.717, 1.165) is 0 Å². The largest absolute Gasteiger partial charge is 0.479 e. The van der Waals surface area contributed by atoms with E-state index in [1.807, 2.05) is 0 Å². The van der Waals surface area contributed by atoms with E-state index >= 15 is 0 Å². The molecular weight excluding hydrogens is 232 g/mol. The maximum Gasteiger partial charge on any atom is 0.332 e. The number of aliphatic carboxylic acids is 1. The molecule has 1 rings (SSSR count). The van der Waals surface area contributed by atoms with Gasteiger partial charge >= 0.3 is 12.0 Å². The summed E-state index contributed by atoms with van der Waals surface area (Å²) in [4.78, 5) is 23.0. The van der Waals surface area contributed by atoms with Gasteiger partial charge in [-0.05, 0) is 0 Å². The average Bonchev–Trinajstić information content (AvgIpc) is 2.59. The molecule has 1 fully saturated rings. The Kier molecular flexibility index (Phi) is 4.67. The number of urea groups is 1. The van der Waals surface area contributed by atoms with Crippen molar-refractivity contribution in [3.8, 4) is 0 Å². The van der Waals surface area contributed by atoms with E-state index in [1.165, 1.54) is 4.90 Å². The molecule has 0 spiro atoms. The van der Waals surface area contributed by atoms with Crippen molar-refractivity contribution in [2.75, 3.05) is 19.6 Å². The van der Waals surface area contributed by atoms with E-state index in [1.54, 1.807) is 0 Å². The number of carbonyl (C=O) groups excluding carboxylic acids is 1. The lowest BCUT2D eigenvalue weighted by atomic mass is 10.2. The summed E-state index contributed by atoms with van der Waals surface area (Å²) in [5.74, 6) is -1.34. The first-order valence-electron chi connectivity index (χ1n) is 5.21. The Balaban J connectivity index is 2.24. The molecule has 98 valence electrons. The molecule has 1 saturated heterocycles. The molecule has 17 heavy (non-hydrogen) atoms. The van der Waals surface area contributed by atoms with Crippen LogP contribution in [-0.2, 0) is 4.79 Å². The lowest BCUT2D eigenvalue weighted by molar-refractivity contribution is -0.146. The van der Waals surface area contributed by atoms with Gasteiger partial charge in [0, 0.05) is 13.0 Å². The molecule has 1 heterocycles. The summed E-state index contributed by atoms with van der Waals surface area (Å²) in [7, 11) is 0. The zero-order valence-electron chi connectivity index (χ0n) is 9.11. The SMILES string of the molecule is O=C(O)C(O)CCNC(=O)N1CC(O)C(O)C1. The quantitative estimate of drug-likeness (QED) is 0.376. The highest BCUT2D eigenvalue weighted by Crippen LogP contribution is 2.09. The number of rotatable bonds is 4. The van der Waals surface area contributed by atoms with Crippen molar-refractivity contribution >= 4 is 12.0 Å². The van der Waals surface area contributed by atoms with E-state index in [4.69, 9.17) is 10.2 Å². The van der Waals surface area contributed by atoms with Crippen molar-refractivity contribution in [1.29, 1.82) is 0 Å². The van der Waals surface area contributed by atoms with Gasteiger partial charge in [-0.3, -0.25) is 0 Å². The molecule has 0 aromatic rings. The number of carbonyl (C=O) groups is 2. The number of likely N-dealkylation sites (tertiary alicyclic amines) is 1. The van der Waals surface area contributed by atoms with Gasteiger partial charge in [0.15, 0.2) is 6.10 Å². The molecule has 0 radical (unpaired) electrons. The van der Waals surface area contributed by atoms with Gasteiger partial charge in [-0.25, -0.2) is 9.59 Å². The van der Waals surface area contributed by atoms with Crippen LogP contribution in [0.1, 0.15) is 6.42 Å². The van der Waals surface area contributed by atoms with Gasteiger partial charge in [0.05, 0.1) is 25.3 Å². The third-order valence-electron chi connectivity index (χ3n) is 2.53. The maximum atomic E-state index is 11.5. The van der Waals surface area contributed by atoms with E-state index < -0.39 is 30.3 Å². The molecule has 8 nitrogen and oxygen atoms in total. The van der Waals surface area contributed by atoms with Gasteiger partial charge in [-0.15, -0.1) is 0 Å². The summed E-state index contributed by atoms with van der Waals surface area (Å²) in [6, 6.07) is -0.502. The Morgan fingerprint density at radius 2 is 1.82 bits per heavy atom. The zero-order valence-corrected chi connectivity index (χ0v) is 9.11. The molecule has 1 aliphatic heterocycles. The molecule has 0 saturated carbocycles. The van der Waals surface area contributed by atoms with Crippen LogP contribution in [0.2, 0.25) is 0 Å². The van der Waals surface area contributed by atoms with Crippen LogP contribution in [0.25, 0.3) is 0 Å². The molecule has 8 heteroatoms. The molecular formula is C9H16N2O6. The Labute approximate surface area is 97.5 Å². The highest BCUT2D eigenvalue weighted by Gasteiger charge is 2.32. The van der Waals surface area contributed by atoms with E-state index in [0.29, 0.717) is 0 Å². The number of nitrogens with one attached hydrogen (secondary N) is 1. The molecule has 0 aromatic heterocycles. The van der Waals surface area contributed by atoms with Crippen LogP contribution in [0.4, 0.5) is 4.79 Å². The molecule has 0 aromatic carbocycles. The van der Waals surface area contributed by atoms with Crippen LogP contribution in [0, 0.1) is 0 Å². The van der Waals surface area contributed by atoms with Crippen molar-refractivity contribution in [2.24, 2.45) is 0 Å². The lowest BCUT2D eigenvalue weighted by Crippen LogP contribution is -2.40.